The summed E-state index contributed by atoms with van der Waals surface area (Å²) in [4.78, 5) is 14.6. The minimum atomic E-state index is 0.233. The van der Waals surface area contributed by atoms with Gasteiger partial charge in [0.1, 0.15) is 0 Å². The van der Waals surface area contributed by atoms with Crippen molar-refractivity contribution in [2.24, 2.45) is 17.8 Å². The van der Waals surface area contributed by atoms with E-state index in [0.29, 0.717) is 12.3 Å². The maximum Gasteiger partial charge on any atom is 0.220 e. The maximum atomic E-state index is 12.4. The van der Waals surface area contributed by atoms with Gasteiger partial charge in [0, 0.05) is 13.0 Å². The normalized spacial score (nSPS) is 13.5. The predicted octanol–water partition coefficient (Wildman–Crippen LogP) is 20.9. The fourth-order valence-electron chi connectivity index (χ4n) is 10.6. The molecule has 0 aromatic rings. The molecule has 0 spiro atoms. The Hall–Kier alpha value is -0.830. The number of rotatable bonds is 54. The molecule has 0 bridgehead atoms. The number of nitrogens with one attached hydrogen (secondary N) is 1. The van der Waals surface area contributed by atoms with Crippen LogP contribution in [-0.2, 0) is 4.79 Å². The van der Waals surface area contributed by atoms with Gasteiger partial charge in [0.15, 0.2) is 0 Å². The van der Waals surface area contributed by atoms with Crippen molar-refractivity contribution in [3.05, 3.63) is 11.6 Å². The second kappa shape index (κ2) is 52.5. The predicted molar refractivity (Wildman–Crippen MR) is 295 cm³/mol. The van der Waals surface area contributed by atoms with Crippen molar-refractivity contribution in [1.29, 1.82) is 0 Å². The highest BCUT2D eigenvalue weighted by Gasteiger charge is 2.17. The van der Waals surface area contributed by atoms with Crippen LogP contribution in [0.5, 0.6) is 0 Å². The van der Waals surface area contributed by atoms with E-state index < -0.39 is 0 Å². The van der Waals surface area contributed by atoms with Crippen molar-refractivity contribution in [2.45, 2.75) is 336 Å². The number of unbranched alkanes of at least 4 members (excludes halogenated alkanes) is 35. The summed E-state index contributed by atoms with van der Waals surface area (Å²) < 4.78 is 0. The molecule has 0 aromatic carbocycles. The molecule has 3 nitrogen and oxygen atoms in total. The summed E-state index contributed by atoms with van der Waals surface area (Å²) in [6, 6.07) is 0. The van der Waals surface area contributed by atoms with Crippen molar-refractivity contribution < 1.29 is 4.79 Å². The molecule has 0 rings (SSSR count). The van der Waals surface area contributed by atoms with E-state index in [1.165, 1.54) is 289 Å². The van der Waals surface area contributed by atoms with E-state index in [4.69, 9.17) is 0 Å². The molecule has 0 aliphatic carbocycles. The van der Waals surface area contributed by atoms with Gasteiger partial charge in [0.05, 0.1) is 0 Å². The van der Waals surface area contributed by atoms with E-state index in [1.54, 1.807) is 0 Å². The van der Waals surface area contributed by atoms with E-state index >= 15 is 0 Å². The van der Waals surface area contributed by atoms with Crippen LogP contribution in [0.4, 0.5) is 0 Å². The highest BCUT2D eigenvalue weighted by atomic mass is 16.1. The van der Waals surface area contributed by atoms with Crippen molar-refractivity contribution in [3.63, 3.8) is 0 Å². The molecule has 0 aliphatic rings. The Morgan fingerprint density at radius 2 is 0.769 bits per heavy atom. The van der Waals surface area contributed by atoms with Crippen LogP contribution in [0, 0.1) is 17.8 Å². The van der Waals surface area contributed by atoms with Gasteiger partial charge in [0.2, 0.25) is 5.91 Å². The number of carbonyl (C=O) groups is 1. The van der Waals surface area contributed by atoms with Gasteiger partial charge in [-0.05, 0) is 96.2 Å². The maximum absolute atomic E-state index is 12.4. The average molecular weight is 914 g/mol. The first-order valence-corrected chi connectivity index (χ1v) is 30.4. The number of hydrogen-bond donors (Lipinski definition) is 1. The van der Waals surface area contributed by atoms with Crippen LogP contribution in [-0.4, -0.2) is 38.0 Å². The smallest absolute Gasteiger partial charge is 0.220 e. The van der Waals surface area contributed by atoms with Crippen LogP contribution in [0.15, 0.2) is 11.6 Å². The van der Waals surface area contributed by atoms with Gasteiger partial charge in [-0.3, -0.25) is 4.79 Å². The third-order valence-electron chi connectivity index (χ3n) is 14.9. The zero-order chi connectivity index (χ0) is 47.5. The summed E-state index contributed by atoms with van der Waals surface area (Å²) in [6.07, 6.45) is 68.5. The van der Waals surface area contributed by atoms with Crippen LogP contribution in [0.1, 0.15) is 336 Å². The molecule has 3 unspecified atom stereocenters. The van der Waals surface area contributed by atoms with Crippen LogP contribution in [0.3, 0.4) is 0 Å². The fraction of sp³-hybridized carbons (Fsp3) is 0.952. The molecule has 0 saturated carbocycles. The first-order valence-electron chi connectivity index (χ1n) is 30.4. The minimum absolute atomic E-state index is 0.233. The summed E-state index contributed by atoms with van der Waals surface area (Å²) in [6.45, 7) is 13.6. The van der Waals surface area contributed by atoms with Crippen LogP contribution >= 0.6 is 0 Å². The highest BCUT2D eigenvalue weighted by Crippen LogP contribution is 2.29. The zero-order valence-corrected chi connectivity index (χ0v) is 46.3. The first-order chi connectivity index (χ1) is 31.8. The fourth-order valence-corrected chi connectivity index (χ4v) is 10.6. The third kappa shape index (κ3) is 50.9. The SMILES string of the molecule is CCCCCCCCCCCCCCCCCCC(CCCCCCC/C=C(/CCCCCCCCCC)CCCCCCCCCCC)CC(C)CC(C)CNC(=O)CCCN(C)C. The van der Waals surface area contributed by atoms with E-state index in [0.717, 1.165) is 31.3 Å². The molecule has 1 amide bonds. The van der Waals surface area contributed by atoms with E-state index in [2.05, 4.69) is 65.0 Å². The van der Waals surface area contributed by atoms with Gasteiger partial charge >= 0.3 is 0 Å². The largest absolute Gasteiger partial charge is 0.356 e. The average Bonchev–Trinajstić information content (AvgIpc) is 3.28. The molecule has 0 fully saturated rings. The zero-order valence-electron chi connectivity index (χ0n) is 46.3. The molecule has 0 aliphatic heterocycles. The first kappa shape index (κ1) is 64.2. The van der Waals surface area contributed by atoms with Crippen LogP contribution in [0.2, 0.25) is 0 Å². The summed E-state index contributed by atoms with van der Waals surface area (Å²) in [7, 11) is 4.17. The Kier molecular flexibility index (Phi) is 51.9. The lowest BCUT2D eigenvalue weighted by Crippen LogP contribution is -2.29. The van der Waals surface area contributed by atoms with Gasteiger partial charge in [0.25, 0.3) is 0 Å². The highest BCUT2D eigenvalue weighted by molar-refractivity contribution is 5.75. The second-order valence-electron chi connectivity index (χ2n) is 22.4. The van der Waals surface area contributed by atoms with Crippen molar-refractivity contribution in [3.8, 4) is 0 Å². The van der Waals surface area contributed by atoms with Crippen molar-refractivity contribution in [2.75, 3.05) is 27.2 Å². The molecule has 0 heterocycles. The summed E-state index contributed by atoms with van der Waals surface area (Å²) in [5, 5.41) is 3.25. The minimum Gasteiger partial charge on any atom is -0.356 e. The van der Waals surface area contributed by atoms with Gasteiger partial charge in [-0.25, -0.2) is 0 Å². The number of allylic oxidation sites excluding steroid dienone is 2. The van der Waals surface area contributed by atoms with Crippen LogP contribution in [0.25, 0.3) is 0 Å². The van der Waals surface area contributed by atoms with E-state index in [1.807, 2.05) is 5.57 Å². The molecular weight excluding hydrogens is 789 g/mol. The lowest BCUT2D eigenvalue weighted by molar-refractivity contribution is -0.121. The van der Waals surface area contributed by atoms with Gasteiger partial charge in [-0.15, -0.1) is 0 Å². The van der Waals surface area contributed by atoms with E-state index in [-0.39, 0.29) is 5.91 Å². The Balaban J connectivity index is 4.71. The Morgan fingerprint density at radius 3 is 1.15 bits per heavy atom. The molecule has 3 atom stereocenters. The van der Waals surface area contributed by atoms with Gasteiger partial charge in [-0.1, -0.05) is 284 Å². The van der Waals surface area contributed by atoms with Crippen molar-refractivity contribution >= 4 is 5.91 Å². The number of hydrogen-bond acceptors (Lipinski definition) is 2. The van der Waals surface area contributed by atoms with E-state index in [9.17, 15) is 4.79 Å². The lowest BCUT2D eigenvalue weighted by Gasteiger charge is -2.24. The summed E-state index contributed by atoms with van der Waals surface area (Å²) in [5.74, 6) is 2.41. The molecule has 3 heteroatoms. The third-order valence-corrected chi connectivity index (χ3v) is 14.9. The van der Waals surface area contributed by atoms with Gasteiger partial charge < -0.3 is 10.2 Å². The summed E-state index contributed by atoms with van der Waals surface area (Å²) >= 11 is 0. The Labute approximate surface area is 412 Å². The molecule has 0 aromatic heterocycles. The molecule has 65 heavy (non-hydrogen) atoms. The monoisotopic (exact) mass is 913 g/mol. The number of nitrogens with zero attached hydrogens (tertiary/aromatic N) is 1. The molecule has 0 radical (unpaired) electrons. The Bertz CT molecular complexity index is 958. The molecular formula is C62H124N2O. The molecule has 1 N–H and O–H groups in total. The molecule has 0 saturated heterocycles. The van der Waals surface area contributed by atoms with Crippen molar-refractivity contribution in [1.82, 2.24) is 10.2 Å². The standard InChI is InChI=1S/C62H124N2O/c1-8-11-14-17-20-23-24-25-26-27-28-29-31-34-40-45-51-61(56-58(4)55-59(5)57-63-62(65)53-47-54-64(6)7)52-46-41-36-35-39-44-50-60(48-42-37-32-22-19-16-13-10-3)49-43-38-33-30-21-18-15-12-9-2/h50,58-59,61H,8-49,51-57H2,1-7H3,(H,63,65)/b60-50-. The quantitative estimate of drug-likeness (QED) is 0.0487. The second-order valence-corrected chi connectivity index (χ2v) is 22.4. The lowest BCUT2D eigenvalue weighted by atomic mass is 9.83. The number of carbonyl (C=O) groups excluding carboxylic acids is 1. The van der Waals surface area contributed by atoms with Gasteiger partial charge in [-0.2, -0.15) is 0 Å². The van der Waals surface area contributed by atoms with Crippen LogP contribution < -0.4 is 5.32 Å². The summed E-state index contributed by atoms with van der Waals surface area (Å²) in [5.41, 5.74) is 1.81. The Morgan fingerprint density at radius 1 is 0.415 bits per heavy atom. The topological polar surface area (TPSA) is 32.3 Å². The number of amides is 1. The molecule has 388 valence electrons.